The summed E-state index contributed by atoms with van der Waals surface area (Å²) in [5, 5.41) is 3.46. The van der Waals surface area contributed by atoms with Crippen LogP contribution in [-0.2, 0) is 9.53 Å². The zero-order chi connectivity index (χ0) is 14.8. The van der Waals surface area contributed by atoms with Gasteiger partial charge in [-0.05, 0) is 36.5 Å². The first-order valence-electron chi connectivity index (χ1n) is 7.12. The van der Waals surface area contributed by atoms with Crippen molar-refractivity contribution in [2.75, 3.05) is 12.4 Å². The number of carbonyl (C=O) groups is 1. The Labute approximate surface area is 129 Å². The summed E-state index contributed by atoms with van der Waals surface area (Å²) in [7, 11) is 1.47. The van der Waals surface area contributed by atoms with E-state index >= 15 is 0 Å². The van der Waals surface area contributed by atoms with E-state index in [4.69, 9.17) is 4.74 Å². The second-order valence-corrected chi connectivity index (χ2v) is 6.67. The van der Waals surface area contributed by atoms with Crippen molar-refractivity contribution in [1.82, 2.24) is 0 Å². The maximum atomic E-state index is 12.4. The second-order valence-electron chi connectivity index (χ2n) is 5.76. The van der Waals surface area contributed by atoms with E-state index in [1.54, 1.807) is 0 Å². The van der Waals surface area contributed by atoms with Crippen LogP contribution in [0.15, 0.2) is 28.7 Å². The summed E-state index contributed by atoms with van der Waals surface area (Å²) in [5.41, 5.74) is 0.332. The van der Waals surface area contributed by atoms with E-state index in [0.29, 0.717) is 5.92 Å². The fraction of sp³-hybridized carbons (Fsp3) is 0.562. The zero-order valence-corrected chi connectivity index (χ0v) is 13.9. The standard InChI is InChI=1S/C16H22BrNO2/c1-11-6-5-9-16(12(11)2,15(19)20-3)18-14-8-4-7-13(17)10-14/h4,7-8,10-12,18H,5-6,9H2,1-3H3. The number of methoxy groups -OCH3 is 1. The molecule has 0 amide bonds. The molecule has 1 fully saturated rings. The van der Waals surface area contributed by atoms with Crippen LogP contribution in [0.25, 0.3) is 0 Å². The molecule has 3 atom stereocenters. The molecule has 0 aromatic heterocycles. The van der Waals surface area contributed by atoms with Crippen LogP contribution >= 0.6 is 15.9 Å². The quantitative estimate of drug-likeness (QED) is 0.837. The topological polar surface area (TPSA) is 38.3 Å². The van der Waals surface area contributed by atoms with Crippen molar-refractivity contribution in [2.24, 2.45) is 11.8 Å². The molecule has 0 heterocycles. The molecule has 2 rings (SSSR count). The van der Waals surface area contributed by atoms with Gasteiger partial charge in [0.25, 0.3) is 0 Å². The lowest BCUT2D eigenvalue weighted by Crippen LogP contribution is -2.56. The smallest absolute Gasteiger partial charge is 0.331 e. The number of hydrogen-bond donors (Lipinski definition) is 1. The number of carbonyl (C=O) groups excluding carboxylic acids is 1. The Kier molecular flexibility index (Phi) is 4.74. The van der Waals surface area contributed by atoms with Gasteiger partial charge in [0.1, 0.15) is 5.54 Å². The maximum absolute atomic E-state index is 12.4. The minimum atomic E-state index is -0.618. The van der Waals surface area contributed by atoms with Gasteiger partial charge in [-0.15, -0.1) is 0 Å². The summed E-state index contributed by atoms with van der Waals surface area (Å²) < 4.78 is 6.10. The molecule has 1 aliphatic rings. The van der Waals surface area contributed by atoms with Gasteiger partial charge in [0.2, 0.25) is 0 Å². The third kappa shape index (κ3) is 2.85. The SMILES string of the molecule is COC(=O)C1(Nc2cccc(Br)c2)CCCC(C)C1C. The average molecular weight is 340 g/mol. The van der Waals surface area contributed by atoms with Gasteiger partial charge < -0.3 is 10.1 Å². The summed E-state index contributed by atoms with van der Waals surface area (Å²) in [6, 6.07) is 7.93. The highest BCUT2D eigenvalue weighted by Gasteiger charge is 2.48. The first-order chi connectivity index (χ1) is 9.49. The lowest BCUT2D eigenvalue weighted by molar-refractivity contribution is -0.150. The van der Waals surface area contributed by atoms with Gasteiger partial charge in [0, 0.05) is 10.2 Å². The highest BCUT2D eigenvalue weighted by atomic mass is 79.9. The predicted molar refractivity (Wildman–Crippen MR) is 84.7 cm³/mol. The molecule has 3 nitrogen and oxygen atoms in total. The van der Waals surface area contributed by atoms with Crippen LogP contribution in [0, 0.1) is 11.8 Å². The van der Waals surface area contributed by atoms with Crippen molar-refractivity contribution in [3.8, 4) is 0 Å². The molecular weight excluding hydrogens is 318 g/mol. The summed E-state index contributed by atoms with van der Waals surface area (Å²) >= 11 is 3.47. The molecule has 1 aromatic carbocycles. The van der Waals surface area contributed by atoms with Crippen molar-refractivity contribution in [2.45, 2.75) is 38.6 Å². The first kappa shape index (κ1) is 15.4. The number of nitrogens with one attached hydrogen (secondary N) is 1. The van der Waals surface area contributed by atoms with Crippen LogP contribution in [-0.4, -0.2) is 18.6 Å². The molecular formula is C16H22BrNO2. The van der Waals surface area contributed by atoms with Crippen LogP contribution < -0.4 is 5.32 Å². The van der Waals surface area contributed by atoms with Crippen LogP contribution in [0.5, 0.6) is 0 Å². The predicted octanol–water partition coefficient (Wildman–Crippen LogP) is 4.23. The maximum Gasteiger partial charge on any atom is 0.331 e. The van der Waals surface area contributed by atoms with E-state index in [1.807, 2.05) is 24.3 Å². The first-order valence-corrected chi connectivity index (χ1v) is 7.91. The number of anilines is 1. The van der Waals surface area contributed by atoms with E-state index in [1.165, 1.54) is 13.5 Å². The Morgan fingerprint density at radius 2 is 2.20 bits per heavy atom. The van der Waals surface area contributed by atoms with E-state index < -0.39 is 5.54 Å². The van der Waals surface area contributed by atoms with Crippen LogP contribution in [0.3, 0.4) is 0 Å². The number of rotatable bonds is 3. The van der Waals surface area contributed by atoms with Crippen LogP contribution in [0.1, 0.15) is 33.1 Å². The normalized spacial score (nSPS) is 29.8. The van der Waals surface area contributed by atoms with Crippen molar-refractivity contribution < 1.29 is 9.53 Å². The van der Waals surface area contributed by atoms with Crippen LogP contribution in [0.2, 0.25) is 0 Å². The molecule has 110 valence electrons. The Morgan fingerprint density at radius 1 is 1.45 bits per heavy atom. The van der Waals surface area contributed by atoms with Gasteiger partial charge >= 0.3 is 5.97 Å². The molecule has 20 heavy (non-hydrogen) atoms. The third-order valence-electron chi connectivity index (χ3n) is 4.60. The molecule has 0 spiro atoms. The van der Waals surface area contributed by atoms with E-state index in [-0.39, 0.29) is 11.9 Å². The van der Waals surface area contributed by atoms with Crippen molar-refractivity contribution in [3.05, 3.63) is 28.7 Å². The molecule has 0 aliphatic heterocycles. The van der Waals surface area contributed by atoms with Crippen LogP contribution in [0.4, 0.5) is 5.69 Å². The highest BCUT2D eigenvalue weighted by molar-refractivity contribution is 9.10. The zero-order valence-electron chi connectivity index (χ0n) is 12.3. The number of halogens is 1. The van der Waals surface area contributed by atoms with Gasteiger partial charge in [-0.25, -0.2) is 4.79 Å². The second kappa shape index (κ2) is 6.17. The van der Waals surface area contributed by atoms with E-state index in [0.717, 1.165) is 23.0 Å². The summed E-state index contributed by atoms with van der Waals surface area (Å²) in [6.45, 7) is 4.36. The largest absolute Gasteiger partial charge is 0.467 e. The Balaban J connectivity index is 2.34. The van der Waals surface area contributed by atoms with Crippen molar-refractivity contribution >= 4 is 27.6 Å². The molecule has 1 aliphatic carbocycles. The Hall–Kier alpha value is -1.03. The number of esters is 1. The number of ether oxygens (including phenoxy) is 1. The minimum Gasteiger partial charge on any atom is -0.467 e. The average Bonchev–Trinajstić information content (AvgIpc) is 2.43. The van der Waals surface area contributed by atoms with Gasteiger partial charge in [-0.1, -0.05) is 48.7 Å². The molecule has 1 saturated carbocycles. The van der Waals surface area contributed by atoms with Gasteiger partial charge in [0.05, 0.1) is 7.11 Å². The van der Waals surface area contributed by atoms with Gasteiger partial charge in [-0.2, -0.15) is 0 Å². The summed E-state index contributed by atoms with van der Waals surface area (Å²) in [6.07, 6.45) is 3.03. The van der Waals surface area contributed by atoms with Gasteiger partial charge in [-0.3, -0.25) is 0 Å². The van der Waals surface area contributed by atoms with Crippen molar-refractivity contribution in [3.63, 3.8) is 0 Å². The van der Waals surface area contributed by atoms with Crippen molar-refractivity contribution in [1.29, 1.82) is 0 Å². The third-order valence-corrected chi connectivity index (χ3v) is 5.10. The monoisotopic (exact) mass is 339 g/mol. The lowest BCUT2D eigenvalue weighted by atomic mass is 9.68. The fourth-order valence-corrected chi connectivity index (χ4v) is 3.59. The summed E-state index contributed by atoms with van der Waals surface area (Å²) in [4.78, 5) is 12.4. The molecule has 3 unspecified atom stereocenters. The molecule has 1 N–H and O–H groups in total. The summed E-state index contributed by atoms with van der Waals surface area (Å²) in [5.74, 6) is 0.585. The lowest BCUT2D eigenvalue weighted by Gasteiger charge is -2.44. The molecule has 0 radical (unpaired) electrons. The fourth-order valence-electron chi connectivity index (χ4n) is 3.19. The van der Waals surface area contributed by atoms with Gasteiger partial charge in [0.15, 0.2) is 0 Å². The number of hydrogen-bond acceptors (Lipinski definition) is 3. The molecule has 0 bridgehead atoms. The molecule has 0 saturated heterocycles. The molecule has 4 heteroatoms. The number of benzene rings is 1. The Bertz CT molecular complexity index is 491. The van der Waals surface area contributed by atoms with E-state index in [2.05, 4.69) is 35.1 Å². The highest BCUT2D eigenvalue weighted by Crippen LogP contribution is 2.41. The van der Waals surface area contributed by atoms with E-state index in [9.17, 15) is 4.79 Å². The Morgan fingerprint density at radius 3 is 2.85 bits per heavy atom. The minimum absolute atomic E-state index is 0.156. The molecule has 1 aromatic rings.